The Hall–Kier alpha value is -6.21. The molecule has 11 rings (SSSR count). The molecule has 0 saturated carbocycles. The van der Waals surface area contributed by atoms with E-state index in [-0.39, 0.29) is 0 Å². The summed E-state index contributed by atoms with van der Waals surface area (Å²) in [6.45, 7) is 0. The maximum absolute atomic E-state index is 5.04. The van der Waals surface area contributed by atoms with Crippen LogP contribution >= 0.6 is 22.7 Å². The topological polar surface area (TPSA) is 43.6 Å². The highest BCUT2D eigenvalue weighted by molar-refractivity contribution is 7.28. The molecule has 0 atom stereocenters. The fraction of sp³-hybridized carbons (Fsp3) is 0. The van der Waals surface area contributed by atoms with Crippen LogP contribution in [0.25, 0.3) is 102 Å². The Kier molecular flexibility index (Phi) is 6.26. The van der Waals surface area contributed by atoms with Crippen LogP contribution in [0.5, 0.6) is 0 Å². The van der Waals surface area contributed by atoms with E-state index in [1.54, 1.807) is 0 Å². The Balaban J connectivity index is 1.16. The minimum Gasteiger partial charge on any atom is -0.308 e. The first-order chi connectivity index (χ1) is 25.3. The van der Waals surface area contributed by atoms with Gasteiger partial charge in [0.05, 0.1) is 21.4 Å². The Morgan fingerprint density at radius 2 is 0.882 bits per heavy atom. The Labute approximate surface area is 300 Å². The van der Waals surface area contributed by atoms with Crippen LogP contribution in [0.3, 0.4) is 0 Å². The molecule has 4 nitrogen and oxygen atoms in total. The van der Waals surface area contributed by atoms with Crippen molar-refractivity contribution in [3.05, 3.63) is 158 Å². The van der Waals surface area contributed by atoms with E-state index >= 15 is 0 Å². The summed E-state index contributed by atoms with van der Waals surface area (Å²) in [5.41, 5.74) is 6.56. The van der Waals surface area contributed by atoms with E-state index in [0.29, 0.717) is 17.5 Å². The van der Waals surface area contributed by atoms with E-state index in [2.05, 4.69) is 126 Å². The van der Waals surface area contributed by atoms with Gasteiger partial charge in [0.1, 0.15) is 0 Å². The summed E-state index contributed by atoms with van der Waals surface area (Å²) in [5, 5.41) is 7.65. The van der Waals surface area contributed by atoms with Gasteiger partial charge in [0.2, 0.25) is 0 Å². The van der Waals surface area contributed by atoms with E-state index in [0.717, 1.165) is 16.7 Å². The monoisotopic (exact) mass is 686 g/mol. The molecule has 0 N–H and O–H groups in total. The number of aromatic nitrogens is 4. The van der Waals surface area contributed by atoms with Gasteiger partial charge in [-0.2, -0.15) is 0 Å². The third-order valence-corrected chi connectivity index (χ3v) is 12.2. The van der Waals surface area contributed by atoms with Crippen LogP contribution in [0.15, 0.2) is 158 Å². The van der Waals surface area contributed by atoms with Gasteiger partial charge in [0.15, 0.2) is 17.5 Å². The zero-order valence-corrected chi connectivity index (χ0v) is 28.7. The number of fused-ring (bicyclic) bond motifs is 10. The molecule has 0 radical (unpaired) electrons. The van der Waals surface area contributed by atoms with Crippen molar-refractivity contribution < 1.29 is 0 Å². The van der Waals surface area contributed by atoms with Crippen molar-refractivity contribution in [2.45, 2.75) is 0 Å². The SMILES string of the molecule is c1ccc(-c2nc(-c3ccccc3)nc(-c3ccc4sc5ccc6sc7c(-n8c9ccccc9c9ccccc98)cccc7c6c5c4c3)n2)cc1. The molecule has 7 aromatic carbocycles. The zero-order valence-electron chi connectivity index (χ0n) is 27.1. The summed E-state index contributed by atoms with van der Waals surface area (Å²) in [5.74, 6) is 2.00. The van der Waals surface area contributed by atoms with Gasteiger partial charge in [-0.05, 0) is 48.5 Å². The van der Waals surface area contributed by atoms with E-state index in [9.17, 15) is 0 Å². The Bertz CT molecular complexity index is 3030. The van der Waals surface area contributed by atoms with Crippen molar-refractivity contribution >= 4 is 84.8 Å². The van der Waals surface area contributed by atoms with Crippen LogP contribution in [0, 0.1) is 0 Å². The van der Waals surface area contributed by atoms with E-state index < -0.39 is 0 Å². The molecule has 11 aromatic rings. The van der Waals surface area contributed by atoms with Crippen molar-refractivity contribution in [1.82, 2.24) is 19.5 Å². The quantitative estimate of drug-likeness (QED) is 0.185. The highest BCUT2D eigenvalue weighted by Crippen LogP contribution is 2.47. The number of para-hydroxylation sites is 2. The molecular formula is C45H26N4S2. The lowest BCUT2D eigenvalue weighted by molar-refractivity contribution is 1.07. The summed E-state index contributed by atoms with van der Waals surface area (Å²) >= 11 is 3.73. The van der Waals surface area contributed by atoms with Gasteiger partial charge < -0.3 is 4.57 Å². The zero-order chi connectivity index (χ0) is 33.5. The largest absolute Gasteiger partial charge is 0.308 e. The molecule has 0 aliphatic rings. The first-order valence-electron chi connectivity index (χ1n) is 16.9. The maximum atomic E-state index is 5.04. The summed E-state index contributed by atoms with van der Waals surface area (Å²) in [6, 6.07) is 55.8. The van der Waals surface area contributed by atoms with Crippen LogP contribution in [0.4, 0.5) is 0 Å². The maximum Gasteiger partial charge on any atom is 0.164 e. The second-order valence-electron chi connectivity index (χ2n) is 12.8. The molecule has 4 aromatic heterocycles. The van der Waals surface area contributed by atoms with Gasteiger partial charge in [0, 0.05) is 63.1 Å². The first kappa shape index (κ1) is 28.6. The fourth-order valence-electron chi connectivity index (χ4n) is 7.58. The molecule has 0 fully saturated rings. The summed E-state index contributed by atoms with van der Waals surface area (Å²) in [4.78, 5) is 15.0. The molecule has 0 aliphatic carbocycles. The summed E-state index contributed by atoms with van der Waals surface area (Å²) < 4.78 is 7.55. The Morgan fingerprint density at radius 1 is 0.373 bits per heavy atom. The molecule has 238 valence electrons. The first-order valence-corrected chi connectivity index (χ1v) is 18.6. The number of hydrogen-bond donors (Lipinski definition) is 0. The normalized spacial score (nSPS) is 11.9. The van der Waals surface area contributed by atoms with Crippen LogP contribution in [-0.4, -0.2) is 19.5 Å². The third kappa shape index (κ3) is 4.40. The highest BCUT2D eigenvalue weighted by atomic mass is 32.1. The third-order valence-electron chi connectivity index (χ3n) is 9.85. The predicted octanol–water partition coefficient (Wildman–Crippen LogP) is 12.7. The molecule has 0 unspecified atom stereocenters. The van der Waals surface area contributed by atoms with Crippen molar-refractivity contribution in [1.29, 1.82) is 0 Å². The molecule has 0 bridgehead atoms. The summed E-state index contributed by atoms with van der Waals surface area (Å²) in [6.07, 6.45) is 0. The fourth-order valence-corrected chi connectivity index (χ4v) is 9.88. The Morgan fingerprint density at radius 3 is 1.53 bits per heavy atom. The second kappa shape index (κ2) is 11.2. The van der Waals surface area contributed by atoms with Gasteiger partial charge in [-0.3, -0.25) is 0 Å². The lowest BCUT2D eigenvalue weighted by Crippen LogP contribution is -2.00. The minimum atomic E-state index is 0.665. The minimum absolute atomic E-state index is 0.665. The van der Waals surface area contributed by atoms with Crippen molar-refractivity contribution in [3.63, 3.8) is 0 Å². The van der Waals surface area contributed by atoms with Gasteiger partial charge in [-0.1, -0.05) is 109 Å². The molecule has 0 aliphatic heterocycles. The van der Waals surface area contributed by atoms with Gasteiger partial charge in [-0.25, -0.2) is 15.0 Å². The molecule has 4 heterocycles. The average Bonchev–Trinajstić information content (AvgIpc) is 3.87. The average molecular weight is 687 g/mol. The molecule has 0 saturated heterocycles. The molecule has 0 amide bonds. The lowest BCUT2D eigenvalue weighted by Gasteiger charge is -2.09. The second-order valence-corrected chi connectivity index (χ2v) is 14.9. The molecular weight excluding hydrogens is 661 g/mol. The van der Waals surface area contributed by atoms with Gasteiger partial charge >= 0.3 is 0 Å². The number of nitrogens with zero attached hydrogens (tertiary/aromatic N) is 4. The van der Waals surface area contributed by atoms with Crippen LogP contribution in [0.1, 0.15) is 0 Å². The predicted molar refractivity (Wildman–Crippen MR) is 216 cm³/mol. The number of benzene rings is 7. The van der Waals surface area contributed by atoms with E-state index in [4.69, 9.17) is 15.0 Å². The van der Waals surface area contributed by atoms with Crippen molar-refractivity contribution in [2.24, 2.45) is 0 Å². The summed E-state index contributed by atoms with van der Waals surface area (Å²) in [7, 11) is 0. The van der Waals surface area contributed by atoms with Crippen LogP contribution in [0.2, 0.25) is 0 Å². The highest BCUT2D eigenvalue weighted by Gasteiger charge is 2.20. The lowest BCUT2D eigenvalue weighted by atomic mass is 10.0. The molecule has 0 spiro atoms. The smallest absolute Gasteiger partial charge is 0.164 e. The molecule has 51 heavy (non-hydrogen) atoms. The van der Waals surface area contributed by atoms with Crippen LogP contribution in [-0.2, 0) is 0 Å². The number of hydrogen-bond acceptors (Lipinski definition) is 5. The number of rotatable bonds is 4. The van der Waals surface area contributed by atoms with Crippen molar-refractivity contribution in [3.8, 4) is 39.9 Å². The van der Waals surface area contributed by atoms with Gasteiger partial charge in [-0.15, -0.1) is 22.7 Å². The van der Waals surface area contributed by atoms with Gasteiger partial charge in [0.25, 0.3) is 0 Å². The van der Waals surface area contributed by atoms with Crippen LogP contribution < -0.4 is 0 Å². The standard InChI is InChI=1S/C45H26N4S2/c1-3-12-27(13-4-1)43-46-44(28-14-5-2-6-15-28)48-45(47-43)29-22-23-37-33(26-29)41-38(50-37)24-25-39-40(41)32-18-11-21-36(42(32)51-39)49-34-19-9-7-16-30(34)31-17-8-10-20-35(31)49/h1-26H. The van der Waals surface area contributed by atoms with Crippen molar-refractivity contribution in [2.75, 3.05) is 0 Å². The van der Waals surface area contributed by atoms with E-state index in [1.807, 2.05) is 59.1 Å². The molecule has 6 heteroatoms. The van der Waals surface area contributed by atoms with E-state index in [1.165, 1.54) is 67.8 Å². The number of thiophene rings is 2.